The first kappa shape index (κ1) is 12.3. The zero-order valence-corrected chi connectivity index (χ0v) is 12.1. The van der Waals surface area contributed by atoms with Crippen LogP contribution >= 0.6 is 0 Å². The summed E-state index contributed by atoms with van der Waals surface area (Å²) >= 11 is 0. The molecule has 1 nitrogen and oxygen atoms in total. The van der Waals surface area contributed by atoms with E-state index in [1.54, 1.807) is 0 Å². The quantitative estimate of drug-likeness (QED) is 0.616. The van der Waals surface area contributed by atoms with E-state index in [-0.39, 0.29) is 0 Å². The van der Waals surface area contributed by atoms with Gasteiger partial charge in [-0.1, -0.05) is 60.2 Å². The molecule has 0 N–H and O–H groups in total. The Morgan fingerprint density at radius 3 is 2.71 bits per heavy atom. The van der Waals surface area contributed by atoms with Gasteiger partial charge in [0.25, 0.3) is 0 Å². The van der Waals surface area contributed by atoms with Crippen molar-refractivity contribution in [3.63, 3.8) is 0 Å². The minimum Gasteiger partial charge on any atom is -0.284 e. The van der Waals surface area contributed by atoms with E-state index < -0.39 is 0 Å². The predicted octanol–water partition coefficient (Wildman–Crippen LogP) is 4.54. The first-order valence-corrected chi connectivity index (χ1v) is 7.45. The molecule has 0 saturated heterocycles. The number of nitrogens with zero attached hydrogens (tertiary/aromatic N) is 1. The van der Waals surface area contributed by atoms with Crippen LogP contribution in [0.3, 0.4) is 0 Å². The molecule has 0 amide bonds. The zero-order valence-electron chi connectivity index (χ0n) is 12.1. The first-order valence-electron chi connectivity index (χ1n) is 7.45. The fourth-order valence-electron chi connectivity index (χ4n) is 3.23. The maximum Gasteiger partial charge on any atom is 0.0722 e. The van der Waals surface area contributed by atoms with Gasteiger partial charge in [0.1, 0.15) is 0 Å². The number of benzene rings is 3. The molecule has 0 aliphatic carbocycles. The highest BCUT2D eigenvalue weighted by molar-refractivity contribution is 6.16. The van der Waals surface area contributed by atoms with Crippen LogP contribution in [0.2, 0.25) is 0 Å². The number of aliphatic imine (C=N–C) groups is 1. The second kappa shape index (κ2) is 4.85. The topological polar surface area (TPSA) is 12.4 Å². The van der Waals surface area contributed by atoms with E-state index >= 15 is 0 Å². The summed E-state index contributed by atoms with van der Waals surface area (Å²) in [5.74, 6) is 0. The van der Waals surface area contributed by atoms with Crippen molar-refractivity contribution in [2.75, 3.05) is 6.54 Å². The lowest BCUT2D eigenvalue weighted by atomic mass is 9.89. The molecule has 1 aliphatic rings. The molecule has 1 heteroatoms. The average Bonchev–Trinajstić information content (AvgIpc) is 2.54. The summed E-state index contributed by atoms with van der Waals surface area (Å²) in [6, 6.07) is 21.7. The molecule has 0 atom stereocenters. The minimum atomic E-state index is 0.879. The summed E-state index contributed by atoms with van der Waals surface area (Å²) in [4.78, 5) is 4.81. The molecule has 0 unspecified atom stereocenters. The van der Waals surface area contributed by atoms with Crippen LogP contribution in [0.15, 0.2) is 65.7 Å². The van der Waals surface area contributed by atoms with Gasteiger partial charge in [0, 0.05) is 17.7 Å². The van der Waals surface area contributed by atoms with Crippen LogP contribution in [0.5, 0.6) is 0 Å². The maximum atomic E-state index is 4.81. The van der Waals surface area contributed by atoms with Crippen LogP contribution < -0.4 is 0 Å². The van der Waals surface area contributed by atoms with Gasteiger partial charge >= 0.3 is 0 Å². The van der Waals surface area contributed by atoms with Crippen LogP contribution in [0, 0.1) is 6.92 Å². The van der Waals surface area contributed by atoms with E-state index in [4.69, 9.17) is 4.99 Å². The lowest BCUT2D eigenvalue weighted by molar-refractivity contribution is 0.953. The van der Waals surface area contributed by atoms with Crippen molar-refractivity contribution in [3.05, 3.63) is 82.9 Å². The zero-order chi connectivity index (χ0) is 14.2. The monoisotopic (exact) mass is 271 g/mol. The molecule has 102 valence electrons. The van der Waals surface area contributed by atoms with E-state index in [2.05, 4.69) is 67.6 Å². The molecule has 1 heterocycles. The number of hydrogen-bond donors (Lipinski definition) is 0. The number of fused-ring (bicyclic) bond motifs is 3. The molecular formula is C20H17N. The van der Waals surface area contributed by atoms with Gasteiger partial charge in [-0.15, -0.1) is 0 Å². The molecule has 0 aromatic heterocycles. The molecule has 4 rings (SSSR count). The molecule has 3 aromatic rings. The third kappa shape index (κ3) is 2.06. The molecular weight excluding hydrogens is 254 g/mol. The third-order valence-electron chi connectivity index (χ3n) is 4.22. The number of rotatable bonds is 1. The summed E-state index contributed by atoms with van der Waals surface area (Å²) in [7, 11) is 0. The van der Waals surface area contributed by atoms with Gasteiger partial charge in [0.2, 0.25) is 0 Å². The minimum absolute atomic E-state index is 0.879. The SMILES string of the molecule is Cc1cccc(C2=NCCc3c2ccc2ccccc32)c1. The second-order valence-electron chi connectivity index (χ2n) is 5.66. The molecule has 21 heavy (non-hydrogen) atoms. The van der Waals surface area contributed by atoms with Crippen molar-refractivity contribution in [3.8, 4) is 0 Å². The maximum absolute atomic E-state index is 4.81. The Morgan fingerprint density at radius 1 is 0.905 bits per heavy atom. The van der Waals surface area contributed by atoms with Gasteiger partial charge < -0.3 is 0 Å². The molecule has 0 saturated carbocycles. The Morgan fingerprint density at radius 2 is 1.81 bits per heavy atom. The molecule has 0 fully saturated rings. The third-order valence-corrected chi connectivity index (χ3v) is 4.22. The van der Waals surface area contributed by atoms with Crippen LogP contribution in [0.1, 0.15) is 22.3 Å². The highest BCUT2D eigenvalue weighted by Gasteiger charge is 2.17. The Bertz CT molecular complexity index is 859. The molecule has 0 bridgehead atoms. The molecule has 3 aromatic carbocycles. The summed E-state index contributed by atoms with van der Waals surface area (Å²) in [6.45, 7) is 3.01. The standard InChI is InChI=1S/C20H17N/c1-14-5-4-7-16(13-14)20-19-10-9-15-6-2-3-8-17(15)18(19)11-12-21-20/h2-10,13H,11-12H2,1H3. The number of hydrogen-bond acceptors (Lipinski definition) is 1. The van der Waals surface area contributed by atoms with Crippen molar-refractivity contribution >= 4 is 16.5 Å². The molecule has 0 radical (unpaired) electrons. The van der Waals surface area contributed by atoms with Gasteiger partial charge in [0.15, 0.2) is 0 Å². The molecule has 1 aliphatic heterocycles. The summed E-state index contributed by atoms with van der Waals surface area (Å²) < 4.78 is 0. The van der Waals surface area contributed by atoms with Crippen LogP contribution in [0.4, 0.5) is 0 Å². The van der Waals surface area contributed by atoms with Gasteiger partial charge in [-0.05, 0) is 35.7 Å². The Labute approximate surface area is 125 Å². The van der Waals surface area contributed by atoms with Gasteiger partial charge in [-0.3, -0.25) is 4.99 Å². The Hall–Kier alpha value is -2.41. The average molecular weight is 271 g/mol. The summed E-state index contributed by atoms with van der Waals surface area (Å²) in [5.41, 5.74) is 6.39. The number of aryl methyl sites for hydroxylation is 1. The summed E-state index contributed by atoms with van der Waals surface area (Å²) in [5, 5.41) is 2.69. The fourth-order valence-corrected chi connectivity index (χ4v) is 3.23. The lowest BCUT2D eigenvalue weighted by Gasteiger charge is -2.19. The second-order valence-corrected chi connectivity index (χ2v) is 5.66. The predicted molar refractivity (Wildman–Crippen MR) is 89.3 cm³/mol. The smallest absolute Gasteiger partial charge is 0.0722 e. The van der Waals surface area contributed by atoms with Crippen molar-refractivity contribution < 1.29 is 0 Å². The normalized spacial score (nSPS) is 13.9. The van der Waals surface area contributed by atoms with Crippen molar-refractivity contribution in [1.82, 2.24) is 0 Å². The van der Waals surface area contributed by atoms with Gasteiger partial charge in [-0.25, -0.2) is 0 Å². The highest BCUT2D eigenvalue weighted by atomic mass is 14.7. The lowest BCUT2D eigenvalue weighted by Crippen LogP contribution is -2.14. The first-order chi connectivity index (χ1) is 10.3. The highest BCUT2D eigenvalue weighted by Crippen LogP contribution is 2.28. The fraction of sp³-hybridized carbons (Fsp3) is 0.150. The van der Waals surface area contributed by atoms with Crippen molar-refractivity contribution in [2.24, 2.45) is 4.99 Å². The summed E-state index contributed by atoms with van der Waals surface area (Å²) in [6.07, 6.45) is 1.03. The van der Waals surface area contributed by atoms with E-state index in [1.807, 2.05) is 0 Å². The van der Waals surface area contributed by atoms with Crippen LogP contribution in [-0.2, 0) is 6.42 Å². The molecule has 0 spiro atoms. The van der Waals surface area contributed by atoms with E-state index in [0.717, 1.165) is 18.7 Å². The van der Waals surface area contributed by atoms with Crippen molar-refractivity contribution in [1.29, 1.82) is 0 Å². The largest absolute Gasteiger partial charge is 0.284 e. The van der Waals surface area contributed by atoms with E-state index in [1.165, 1.54) is 33.0 Å². The van der Waals surface area contributed by atoms with E-state index in [9.17, 15) is 0 Å². The van der Waals surface area contributed by atoms with Crippen molar-refractivity contribution in [2.45, 2.75) is 13.3 Å². The Balaban J connectivity index is 1.95. The van der Waals surface area contributed by atoms with E-state index in [0.29, 0.717) is 0 Å². The van der Waals surface area contributed by atoms with Crippen LogP contribution in [-0.4, -0.2) is 12.3 Å². The van der Waals surface area contributed by atoms with Gasteiger partial charge in [-0.2, -0.15) is 0 Å². The Kier molecular flexibility index (Phi) is 2.85. The van der Waals surface area contributed by atoms with Gasteiger partial charge in [0.05, 0.1) is 5.71 Å². The van der Waals surface area contributed by atoms with Crippen LogP contribution in [0.25, 0.3) is 10.8 Å².